The smallest absolute Gasteiger partial charge is 0.269 e. The van der Waals surface area contributed by atoms with E-state index in [4.69, 9.17) is 5.11 Å². The van der Waals surface area contributed by atoms with E-state index < -0.39 is 17.5 Å². The van der Waals surface area contributed by atoms with Crippen LogP contribution in [0.3, 0.4) is 0 Å². The van der Waals surface area contributed by atoms with E-state index in [-0.39, 0.29) is 9.45 Å². The molecular formula is C6H4F2INO2. The maximum absolute atomic E-state index is 12.0. The fraction of sp³-hybridized carbons (Fsp3) is 0.167. The molecule has 0 unspecified atom stereocenters. The zero-order valence-electron chi connectivity index (χ0n) is 5.64. The Balaban J connectivity index is 3.33. The molecule has 0 atom stereocenters. The Bertz CT molecular complexity index is 350. The number of rotatable bonds is 1. The summed E-state index contributed by atoms with van der Waals surface area (Å²) in [6, 6.07) is 0.769. The highest BCUT2D eigenvalue weighted by atomic mass is 127. The predicted octanol–water partition coefficient (Wildman–Crippen LogP) is 1.62. The number of halogens is 3. The summed E-state index contributed by atoms with van der Waals surface area (Å²) in [6.45, 7) is 0. The average Bonchev–Trinajstić information content (AvgIpc) is 1.96. The van der Waals surface area contributed by atoms with Crippen LogP contribution < -0.4 is 5.56 Å². The molecule has 0 saturated heterocycles. The molecular weight excluding hydrogens is 283 g/mol. The molecule has 0 aliphatic rings. The van der Waals surface area contributed by atoms with Gasteiger partial charge in [-0.2, -0.15) is 0 Å². The van der Waals surface area contributed by atoms with Gasteiger partial charge in [-0.15, -0.1) is 0 Å². The molecule has 1 heterocycles. The molecule has 12 heavy (non-hydrogen) atoms. The summed E-state index contributed by atoms with van der Waals surface area (Å²) < 4.78 is 24.2. The topological polar surface area (TPSA) is 53.1 Å². The lowest BCUT2D eigenvalue weighted by Gasteiger charge is -2.00. The van der Waals surface area contributed by atoms with Gasteiger partial charge in [-0.05, 0) is 28.7 Å². The standard InChI is InChI=1S/C6H4F2INO2/c7-4(8)2-1-3(11)5(9)10-6(2)12/h1,4,11H,(H,10,12). The molecule has 2 N–H and O–H groups in total. The van der Waals surface area contributed by atoms with Crippen LogP contribution in [-0.2, 0) is 0 Å². The predicted molar refractivity (Wildman–Crippen MR) is 46.4 cm³/mol. The quantitative estimate of drug-likeness (QED) is 0.609. The van der Waals surface area contributed by atoms with Crippen molar-refractivity contribution >= 4 is 22.6 Å². The van der Waals surface area contributed by atoms with Crippen LogP contribution in [0.2, 0.25) is 0 Å². The number of H-pyrrole nitrogens is 1. The second kappa shape index (κ2) is 3.38. The van der Waals surface area contributed by atoms with Crippen molar-refractivity contribution in [1.82, 2.24) is 4.98 Å². The van der Waals surface area contributed by atoms with Crippen LogP contribution >= 0.6 is 22.6 Å². The Morgan fingerprint density at radius 1 is 1.58 bits per heavy atom. The average molecular weight is 287 g/mol. The summed E-state index contributed by atoms with van der Waals surface area (Å²) in [7, 11) is 0. The second-order valence-corrected chi connectivity index (χ2v) is 3.13. The first-order valence-electron chi connectivity index (χ1n) is 2.92. The number of alkyl halides is 2. The Morgan fingerprint density at radius 2 is 2.17 bits per heavy atom. The minimum absolute atomic E-state index is 0.155. The highest BCUT2D eigenvalue weighted by Gasteiger charge is 2.14. The van der Waals surface area contributed by atoms with Crippen LogP contribution in [0.1, 0.15) is 12.0 Å². The zero-order valence-corrected chi connectivity index (χ0v) is 7.80. The van der Waals surface area contributed by atoms with Crippen molar-refractivity contribution in [3.05, 3.63) is 25.7 Å². The fourth-order valence-electron chi connectivity index (χ4n) is 0.674. The van der Waals surface area contributed by atoms with Gasteiger partial charge in [-0.3, -0.25) is 4.79 Å². The summed E-state index contributed by atoms with van der Waals surface area (Å²) in [5, 5.41) is 8.96. The van der Waals surface area contributed by atoms with Crippen molar-refractivity contribution in [2.75, 3.05) is 0 Å². The van der Waals surface area contributed by atoms with Gasteiger partial charge in [-0.1, -0.05) is 0 Å². The summed E-state index contributed by atoms with van der Waals surface area (Å²) in [6.07, 6.45) is -2.86. The summed E-state index contributed by atoms with van der Waals surface area (Å²) in [5.74, 6) is -0.342. The van der Waals surface area contributed by atoms with E-state index in [2.05, 4.69) is 4.98 Å². The lowest BCUT2D eigenvalue weighted by Crippen LogP contribution is -2.13. The maximum Gasteiger partial charge on any atom is 0.269 e. The van der Waals surface area contributed by atoms with Gasteiger partial charge in [0.05, 0.1) is 5.56 Å². The number of hydrogen-bond donors (Lipinski definition) is 2. The van der Waals surface area contributed by atoms with Crippen LogP contribution in [0, 0.1) is 3.70 Å². The normalized spacial score (nSPS) is 10.7. The van der Waals surface area contributed by atoms with Crippen LogP contribution in [-0.4, -0.2) is 10.1 Å². The molecule has 6 heteroatoms. The second-order valence-electron chi connectivity index (χ2n) is 2.05. The molecule has 0 radical (unpaired) electrons. The third kappa shape index (κ3) is 1.74. The molecule has 1 aromatic heterocycles. The molecule has 0 bridgehead atoms. The van der Waals surface area contributed by atoms with Crippen molar-refractivity contribution in [2.45, 2.75) is 6.43 Å². The number of aromatic nitrogens is 1. The van der Waals surface area contributed by atoms with Gasteiger partial charge in [-0.25, -0.2) is 8.78 Å². The molecule has 0 saturated carbocycles. The molecule has 0 fully saturated rings. The van der Waals surface area contributed by atoms with Crippen molar-refractivity contribution < 1.29 is 13.9 Å². The van der Waals surface area contributed by atoms with Crippen LogP contribution in [0.15, 0.2) is 10.9 Å². The Labute approximate surface area is 79.6 Å². The van der Waals surface area contributed by atoms with Crippen molar-refractivity contribution in [3.63, 3.8) is 0 Å². The Morgan fingerprint density at radius 3 is 2.67 bits per heavy atom. The lowest BCUT2D eigenvalue weighted by molar-refractivity contribution is 0.149. The number of aromatic hydroxyl groups is 1. The van der Waals surface area contributed by atoms with E-state index in [0.717, 1.165) is 6.07 Å². The van der Waals surface area contributed by atoms with E-state index in [1.807, 2.05) is 0 Å². The monoisotopic (exact) mass is 287 g/mol. The van der Waals surface area contributed by atoms with Gasteiger partial charge >= 0.3 is 0 Å². The van der Waals surface area contributed by atoms with Crippen molar-refractivity contribution in [3.8, 4) is 5.75 Å². The molecule has 1 rings (SSSR count). The highest BCUT2D eigenvalue weighted by Crippen LogP contribution is 2.21. The molecule has 1 aromatic rings. The molecule has 0 aliphatic heterocycles. The molecule has 0 amide bonds. The van der Waals surface area contributed by atoms with E-state index in [1.54, 1.807) is 22.6 Å². The molecule has 0 aromatic carbocycles. The fourth-order valence-corrected chi connectivity index (χ4v) is 1.07. The van der Waals surface area contributed by atoms with E-state index in [1.165, 1.54) is 0 Å². The minimum Gasteiger partial charge on any atom is -0.505 e. The largest absolute Gasteiger partial charge is 0.505 e. The first-order valence-corrected chi connectivity index (χ1v) is 4.00. The molecule has 66 valence electrons. The first-order chi connectivity index (χ1) is 5.52. The van der Waals surface area contributed by atoms with Crippen LogP contribution in [0.4, 0.5) is 8.78 Å². The lowest BCUT2D eigenvalue weighted by atomic mass is 10.3. The summed E-state index contributed by atoms with van der Waals surface area (Å²) in [4.78, 5) is 12.9. The summed E-state index contributed by atoms with van der Waals surface area (Å²) in [5.41, 5.74) is -1.58. The molecule has 3 nitrogen and oxygen atoms in total. The Hall–Kier alpha value is -0.660. The van der Waals surface area contributed by atoms with Crippen LogP contribution in [0.5, 0.6) is 5.75 Å². The van der Waals surface area contributed by atoms with E-state index >= 15 is 0 Å². The number of pyridine rings is 1. The third-order valence-corrected chi connectivity index (χ3v) is 2.06. The molecule has 0 spiro atoms. The van der Waals surface area contributed by atoms with Gasteiger partial charge in [0, 0.05) is 0 Å². The van der Waals surface area contributed by atoms with Gasteiger partial charge in [0.2, 0.25) is 0 Å². The van der Waals surface area contributed by atoms with Gasteiger partial charge in [0.15, 0.2) is 0 Å². The minimum atomic E-state index is -2.86. The maximum atomic E-state index is 12.0. The van der Waals surface area contributed by atoms with Gasteiger partial charge in [0.25, 0.3) is 12.0 Å². The van der Waals surface area contributed by atoms with E-state index in [0.29, 0.717) is 0 Å². The van der Waals surface area contributed by atoms with Crippen molar-refractivity contribution in [1.29, 1.82) is 0 Å². The molecule has 0 aliphatic carbocycles. The number of aromatic amines is 1. The highest BCUT2D eigenvalue weighted by molar-refractivity contribution is 14.1. The summed E-state index contributed by atoms with van der Waals surface area (Å²) >= 11 is 1.64. The number of hydrogen-bond acceptors (Lipinski definition) is 2. The SMILES string of the molecule is O=c1[nH]c(I)c(O)cc1C(F)F. The van der Waals surface area contributed by atoms with Gasteiger partial charge in [0.1, 0.15) is 9.45 Å². The van der Waals surface area contributed by atoms with Crippen molar-refractivity contribution in [2.24, 2.45) is 0 Å². The third-order valence-electron chi connectivity index (χ3n) is 1.24. The van der Waals surface area contributed by atoms with E-state index in [9.17, 15) is 13.6 Å². The number of nitrogens with one attached hydrogen (secondary N) is 1. The van der Waals surface area contributed by atoms with Gasteiger partial charge < -0.3 is 10.1 Å². The first kappa shape index (κ1) is 9.43. The Kier molecular flexibility index (Phi) is 2.65. The van der Waals surface area contributed by atoms with Crippen LogP contribution in [0.25, 0.3) is 0 Å². The zero-order chi connectivity index (χ0) is 9.30.